The summed E-state index contributed by atoms with van der Waals surface area (Å²) in [6.45, 7) is 13.0. The Morgan fingerprint density at radius 1 is 0.865 bits per heavy atom. The second-order valence-corrected chi connectivity index (χ2v) is 13.6. The van der Waals surface area contributed by atoms with Crippen LogP contribution in [0, 0.1) is 11.8 Å². The van der Waals surface area contributed by atoms with Crippen molar-refractivity contribution in [1.29, 1.82) is 0 Å². The van der Waals surface area contributed by atoms with Gasteiger partial charge in [0.1, 0.15) is 19.0 Å². The van der Waals surface area contributed by atoms with Crippen molar-refractivity contribution < 1.29 is 38.7 Å². The van der Waals surface area contributed by atoms with E-state index in [9.17, 15) is 19.8 Å². The molecule has 1 fully saturated rings. The highest BCUT2D eigenvalue weighted by molar-refractivity contribution is 6.21. The summed E-state index contributed by atoms with van der Waals surface area (Å²) in [6, 6.07) is 0. The molecule has 1 aliphatic carbocycles. The summed E-state index contributed by atoms with van der Waals surface area (Å²) in [5, 5.41) is 25.4. The van der Waals surface area contributed by atoms with Gasteiger partial charge in [0.15, 0.2) is 0 Å². The van der Waals surface area contributed by atoms with Crippen molar-refractivity contribution in [2.45, 2.75) is 67.2 Å². The maximum Gasteiger partial charge on any atom is 0.305 e. The molecular formula is C40H48N4O8. The van der Waals surface area contributed by atoms with E-state index in [0.717, 1.165) is 85.4 Å². The third-order valence-electron chi connectivity index (χ3n) is 10.4. The van der Waals surface area contributed by atoms with Crippen LogP contribution in [0.25, 0.3) is 0 Å². The normalized spacial score (nSPS) is 22.1. The standard InChI is InChI=1S/C40H48N4O8/c1-7-26-21(2)31-18-35-29(20-45)23(4)30(42-35)17-32-22(3)27(8-9-37(48)52-15-13-50-11-10-49-12-14-51-25(6)46)39(43-32)28-16-36(47)38-24(5)33(44-40(28)38)19-34(26)41-31/h17-19,22,27,43,45,47H,7-16,20H2,1-6H3/t22-,27?/m0/s1. The lowest BCUT2D eigenvalue weighted by molar-refractivity contribution is -0.146. The van der Waals surface area contributed by atoms with Crippen LogP contribution in [0.5, 0.6) is 0 Å². The number of ether oxygens (including phenoxy) is 4. The number of allylic oxidation sites excluding steroid dienone is 11. The molecule has 0 aromatic heterocycles. The van der Waals surface area contributed by atoms with E-state index in [0.29, 0.717) is 38.4 Å². The monoisotopic (exact) mass is 712 g/mol. The number of nitrogens with one attached hydrogen (secondary N) is 1. The number of rotatable bonds is 14. The van der Waals surface area contributed by atoms with Gasteiger partial charge in [-0.1, -0.05) is 13.8 Å². The Hall–Kier alpha value is -4.65. The number of aliphatic hydroxyl groups excluding tert-OH is 2. The first-order chi connectivity index (χ1) is 25.0. The van der Waals surface area contributed by atoms with Gasteiger partial charge in [-0.3, -0.25) is 9.59 Å². The molecule has 2 atom stereocenters. The largest absolute Gasteiger partial charge is 0.511 e. The minimum atomic E-state index is -0.348. The van der Waals surface area contributed by atoms with Gasteiger partial charge in [0, 0.05) is 59.7 Å². The zero-order valence-corrected chi connectivity index (χ0v) is 30.9. The van der Waals surface area contributed by atoms with Crippen molar-refractivity contribution in [3.05, 3.63) is 91.5 Å². The number of hydrogen-bond donors (Lipinski definition) is 3. The number of aliphatic hydroxyl groups is 2. The Bertz CT molecular complexity index is 1910. The molecule has 12 nitrogen and oxygen atoms in total. The van der Waals surface area contributed by atoms with Gasteiger partial charge in [-0.25, -0.2) is 15.0 Å². The zero-order chi connectivity index (χ0) is 37.1. The molecular weight excluding hydrogens is 664 g/mol. The molecule has 0 amide bonds. The Balaban J connectivity index is 1.24. The molecule has 0 aromatic carbocycles. The van der Waals surface area contributed by atoms with E-state index in [4.69, 9.17) is 33.9 Å². The predicted molar refractivity (Wildman–Crippen MR) is 198 cm³/mol. The molecule has 3 N–H and O–H groups in total. The Kier molecular flexibility index (Phi) is 11.4. The molecule has 1 unspecified atom stereocenters. The molecule has 0 spiro atoms. The second kappa shape index (κ2) is 15.9. The summed E-state index contributed by atoms with van der Waals surface area (Å²) in [7, 11) is 0. The van der Waals surface area contributed by atoms with E-state index in [1.165, 1.54) is 6.92 Å². The fraction of sp³-hybridized carbons (Fsp3) is 0.475. The van der Waals surface area contributed by atoms with Crippen LogP contribution in [-0.2, 0) is 28.5 Å². The van der Waals surface area contributed by atoms with Gasteiger partial charge in [0.05, 0.1) is 67.3 Å². The van der Waals surface area contributed by atoms with E-state index in [2.05, 4.69) is 26.1 Å². The van der Waals surface area contributed by atoms with Crippen molar-refractivity contribution in [3.63, 3.8) is 0 Å². The quantitative estimate of drug-likeness (QED) is 0.155. The second-order valence-electron chi connectivity index (χ2n) is 13.6. The molecule has 52 heavy (non-hydrogen) atoms. The van der Waals surface area contributed by atoms with Crippen molar-refractivity contribution in [2.75, 3.05) is 46.2 Å². The maximum atomic E-state index is 12.9. The third-order valence-corrected chi connectivity index (χ3v) is 10.4. The minimum absolute atomic E-state index is 0.0159. The lowest BCUT2D eigenvalue weighted by atomic mass is 9.86. The van der Waals surface area contributed by atoms with Crippen LogP contribution in [-0.4, -0.2) is 85.5 Å². The van der Waals surface area contributed by atoms with Crippen LogP contribution in [0.2, 0.25) is 0 Å². The Morgan fingerprint density at radius 3 is 2.17 bits per heavy atom. The average molecular weight is 713 g/mol. The number of fused-ring (bicyclic) bond motifs is 5. The van der Waals surface area contributed by atoms with Crippen LogP contribution in [0.1, 0.15) is 67.2 Å². The van der Waals surface area contributed by atoms with Gasteiger partial charge in [0.2, 0.25) is 0 Å². The first-order valence-electron chi connectivity index (χ1n) is 18.0. The SMILES string of the molecule is CCC1=C(C)C2=NC1=CC1=C(C)C3=C(O)CC(=C4NC(=CC5=NC(=C2)C(CO)=C5C)[C@@H](C)C4CCC(=O)OCCOCCOCCOC(C)=O)C3=N1. The van der Waals surface area contributed by atoms with Crippen LogP contribution in [0.4, 0.5) is 0 Å². The molecule has 6 aliphatic rings. The van der Waals surface area contributed by atoms with E-state index in [-0.39, 0.29) is 62.4 Å². The third kappa shape index (κ3) is 7.46. The van der Waals surface area contributed by atoms with Gasteiger partial charge >= 0.3 is 11.9 Å². The molecule has 6 rings (SSSR count). The summed E-state index contributed by atoms with van der Waals surface area (Å²) in [5.74, 6) is -0.485. The van der Waals surface area contributed by atoms with Crippen molar-refractivity contribution in [3.8, 4) is 0 Å². The number of esters is 2. The Morgan fingerprint density at radius 2 is 1.50 bits per heavy atom. The van der Waals surface area contributed by atoms with Crippen molar-refractivity contribution >= 4 is 29.1 Å². The molecule has 276 valence electrons. The Labute approximate surface area is 304 Å². The highest BCUT2D eigenvalue weighted by atomic mass is 16.6. The fourth-order valence-electron chi connectivity index (χ4n) is 7.48. The molecule has 0 aromatic rings. The van der Waals surface area contributed by atoms with Gasteiger partial charge < -0.3 is 34.5 Å². The molecule has 5 heterocycles. The van der Waals surface area contributed by atoms with E-state index in [1.54, 1.807) is 0 Å². The summed E-state index contributed by atoms with van der Waals surface area (Å²) in [6.07, 6.45) is 7.84. The van der Waals surface area contributed by atoms with Gasteiger partial charge in [-0.2, -0.15) is 0 Å². The number of carbonyl (C=O) groups is 2. The topological polar surface area (TPSA) is 161 Å². The first kappa shape index (κ1) is 37.1. The lowest BCUT2D eigenvalue weighted by Gasteiger charge is -2.17. The van der Waals surface area contributed by atoms with Gasteiger partial charge in [0.25, 0.3) is 0 Å². The maximum absolute atomic E-state index is 12.9. The number of aliphatic imine (C=N–C) groups is 3. The fourth-order valence-corrected chi connectivity index (χ4v) is 7.48. The smallest absolute Gasteiger partial charge is 0.305 e. The zero-order valence-electron chi connectivity index (χ0n) is 30.9. The molecule has 12 heteroatoms. The van der Waals surface area contributed by atoms with E-state index < -0.39 is 0 Å². The highest BCUT2D eigenvalue weighted by Crippen LogP contribution is 2.46. The average Bonchev–Trinajstić information content (AvgIpc) is 3.86. The first-order valence-corrected chi connectivity index (χ1v) is 18.0. The number of carbonyl (C=O) groups excluding carboxylic acids is 2. The number of nitrogens with zero attached hydrogens (tertiary/aromatic N) is 3. The van der Waals surface area contributed by atoms with Crippen molar-refractivity contribution in [1.82, 2.24) is 5.32 Å². The summed E-state index contributed by atoms with van der Waals surface area (Å²) in [5.41, 5.74) is 12.9. The van der Waals surface area contributed by atoms with E-state index >= 15 is 0 Å². The predicted octanol–water partition coefficient (Wildman–Crippen LogP) is 5.57. The van der Waals surface area contributed by atoms with Crippen LogP contribution >= 0.6 is 0 Å². The van der Waals surface area contributed by atoms with Crippen molar-refractivity contribution in [2.24, 2.45) is 26.8 Å². The van der Waals surface area contributed by atoms with Crippen LogP contribution in [0.3, 0.4) is 0 Å². The molecule has 1 saturated heterocycles. The van der Waals surface area contributed by atoms with Gasteiger partial charge in [-0.15, -0.1) is 0 Å². The summed E-state index contributed by atoms with van der Waals surface area (Å²) < 4.78 is 21.2. The van der Waals surface area contributed by atoms with Gasteiger partial charge in [-0.05, 0) is 74.1 Å². The lowest BCUT2D eigenvalue weighted by Crippen LogP contribution is -2.17. The van der Waals surface area contributed by atoms with E-state index in [1.807, 2.05) is 32.1 Å². The molecule has 0 radical (unpaired) electrons. The van der Waals surface area contributed by atoms with Crippen LogP contribution in [0.15, 0.2) is 106 Å². The highest BCUT2D eigenvalue weighted by Gasteiger charge is 2.41. The summed E-state index contributed by atoms with van der Waals surface area (Å²) in [4.78, 5) is 38.8. The summed E-state index contributed by atoms with van der Waals surface area (Å²) >= 11 is 0. The van der Waals surface area contributed by atoms with Crippen LogP contribution < -0.4 is 5.32 Å². The number of hydrogen-bond acceptors (Lipinski definition) is 12. The molecule has 0 saturated carbocycles. The molecule has 5 aliphatic heterocycles. The molecule has 8 bridgehead atoms. The minimum Gasteiger partial charge on any atom is -0.511 e.